The zero-order chi connectivity index (χ0) is 24.2. The minimum absolute atomic E-state index is 0.0654. The largest absolute Gasteiger partial charge is 0.492 e. The Hall–Kier alpha value is -3.37. The van der Waals surface area contributed by atoms with Gasteiger partial charge in [-0.05, 0) is 58.0 Å². The number of ether oxygens (including phenoxy) is 1. The fraction of sp³-hybridized carbons (Fsp3) is 0.480. The third-order valence-electron chi connectivity index (χ3n) is 6.68. The van der Waals surface area contributed by atoms with Crippen LogP contribution in [0, 0.1) is 13.8 Å². The lowest BCUT2D eigenvalue weighted by Gasteiger charge is -2.26. The highest BCUT2D eigenvalue weighted by Crippen LogP contribution is 2.35. The number of aromatic nitrogens is 5. The van der Waals surface area contributed by atoms with Gasteiger partial charge in [-0.15, -0.1) is 0 Å². The first-order chi connectivity index (χ1) is 17.1. The molecule has 2 aliphatic heterocycles. The second kappa shape index (κ2) is 10.5. The Bertz CT molecular complexity index is 1170. The van der Waals surface area contributed by atoms with E-state index in [0.717, 1.165) is 72.5 Å². The van der Waals surface area contributed by atoms with Crippen molar-refractivity contribution in [2.75, 3.05) is 44.6 Å². The highest BCUT2D eigenvalue weighted by molar-refractivity contribution is 5.93. The normalized spacial score (nSPS) is 16.3. The quantitative estimate of drug-likeness (QED) is 0.529. The van der Waals surface area contributed by atoms with Crippen molar-refractivity contribution in [3.05, 3.63) is 48.1 Å². The van der Waals surface area contributed by atoms with E-state index in [-0.39, 0.29) is 5.91 Å². The van der Waals surface area contributed by atoms with Crippen molar-refractivity contribution in [2.45, 2.75) is 39.8 Å². The minimum atomic E-state index is -0.0654. The zero-order valence-corrected chi connectivity index (χ0v) is 20.4. The van der Waals surface area contributed by atoms with E-state index in [4.69, 9.17) is 4.74 Å². The molecule has 1 fully saturated rings. The zero-order valence-electron chi connectivity index (χ0n) is 20.4. The van der Waals surface area contributed by atoms with Crippen LogP contribution in [0.2, 0.25) is 0 Å². The molecule has 4 heterocycles. The number of carbonyl (C=O) groups is 1. The molecule has 3 aromatic rings. The summed E-state index contributed by atoms with van der Waals surface area (Å²) < 4.78 is 8.12. The molecule has 10 heteroatoms. The van der Waals surface area contributed by atoms with Crippen molar-refractivity contribution in [1.29, 1.82) is 0 Å². The van der Waals surface area contributed by atoms with Crippen molar-refractivity contribution in [3.8, 4) is 16.9 Å². The molecule has 0 spiro atoms. The van der Waals surface area contributed by atoms with E-state index in [1.807, 2.05) is 36.7 Å². The summed E-state index contributed by atoms with van der Waals surface area (Å²) in [6, 6.07) is 5.80. The summed E-state index contributed by atoms with van der Waals surface area (Å²) in [6.45, 7) is 10.2. The third kappa shape index (κ3) is 5.49. The molecule has 1 aromatic carbocycles. The molecule has 1 N–H and O–H groups in total. The number of nitrogens with zero attached hydrogens (tertiary/aromatic N) is 7. The Morgan fingerprint density at radius 3 is 2.60 bits per heavy atom. The summed E-state index contributed by atoms with van der Waals surface area (Å²) in [5.74, 6) is 1.60. The van der Waals surface area contributed by atoms with Crippen LogP contribution in [0.15, 0.2) is 30.9 Å². The topological polar surface area (TPSA) is 101 Å². The first-order valence-corrected chi connectivity index (χ1v) is 12.2. The van der Waals surface area contributed by atoms with Gasteiger partial charge < -0.3 is 10.1 Å². The second-order valence-electron chi connectivity index (χ2n) is 9.19. The van der Waals surface area contributed by atoms with E-state index in [1.165, 1.54) is 12.8 Å². The van der Waals surface area contributed by atoms with Crippen LogP contribution in [-0.2, 0) is 17.9 Å². The molecule has 0 atom stereocenters. The van der Waals surface area contributed by atoms with Gasteiger partial charge in [-0.2, -0.15) is 5.10 Å². The number of carbonyl (C=O) groups excluding carboxylic acids is 1. The van der Waals surface area contributed by atoms with Crippen molar-refractivity contribution >= 4 is 11.6 Å². The lowest BCUT2D eigenvalue weighted by atomic mass is 10.0. The van der Waals surface area contributed by atoms with Crippen molar-refractivity contribution in [3.63, 3.8) is 0 Å². The third-order valence-corrected chi connectivity index (χ3v) is 6.68. The summed E-state index contributed by atoms with van der Waals surface area (Å²) in [6.07, 6.45) is 5.66. The van der Waals surface area contributed by atoms with Gasteiger partial charge in [-0.25, -0.2) is 19.6 Å². The van der Waals surface area contributed by atoms with Crippen LogP contribution >= 0.6 is 0 Å². The highest BCUT2D eigenvalue weighted by Gasteiger charge is 2.21. The number of aryl methyl sites for hydroxylation is 2. The molecule has 184 valence electrons. The fourth-order valence-electron chi connectivity index (χ4n) is 4.85. The van der Waals surface area contributed by atoms with Gasteiger partial charge >= 0.3 is 0 Å². The second-order valence-corrected chi connectivity index (χ2v) is 9.19. The molecule has 0 saturated carbocycles. The average Bonchev–Trinajstić information content (AvgIpc) is 3.52. The van der Waals surface area contributed by atoms with Crippen LogP contribution in [0.5, 0.6) is 5.75 Å². The van der Waals surface area contributed by atoms with E-state index in [9.17, 15) is 4.79 Å². The van der Waals surface area contributed by atoms with Gasteiger partial charge in [0.25, 0.3) is 0 Å². The number of nitrogens with one attached hydrogen (secondary N) is 1. The lowest BCUT2D eigenvalue weighted by molar-refractivity contribution is -0.117. The average molecular weight is 477 g/mol. The molecule has 0 bridgehead atoms. The standard InChI is InChI=1S/C25H32N8O2/c1-18-25(19(2)27-16-26-18)21-13-20(5-6-22(21)35-12-11-31-7-3-4-8-31)30-24(34)15-32-9-10-33-23(14-32)28-17-29-33/h5-6,13,16-17H,3-4,7-12,14-15H2,1-2H3,(H,30,34). The number of anilines is 1. The van der Waals surface area contributed by atoms with Gasteiger partial charge in [0, 0.05) is 41.3 Å². The smallest absolute Gasteiger partial charge is 0.238 e. The summed E-state index contributed by atoms with van der Waals surface area (Å²) in [7, 11) is 0. The number of hydrogen-bond donors (Lipinski definition) is 1. The van der Waals surface area contributed by atoms with Gasteiger partial charge in [-0.1, -0.05) is 0 Å². The maximum absolute atomic E-state index is 12.9. The maximum atomic E-state index is 12.9. The van der Waals surface area contributed by atoms with Gasteiger partial charge in [0.15, 0.2) is 0 Å². The summed E-state index contributed by atoms with van der Waals surface area (Å²) in [5, 5.41) is 7.25. The molecule has 2 aliphatic rings. The number of rotatable bonds is 8. The predicted molar refractivity (Wildman–Crippen MR) is 132 cm³/mol. The highest BCUT2D eigenvalue weighted by atomic mass is 16.5. The Balaban J connectivity index is 1.31. The Labute approximate surface area is 205 Å². The molecule has 0 aliphatic carbocycles. The molecule has 1 saturated heterocycles. The van der Waals surface area contributed by atoms with E-state index in [2.05, 4.69) is 35.2 Å². The molecule has 0 unspecified atom stereocenters. The summed E-state index contributed by atoms with van der Waals surface area (Å²) in [4.78, 5) is 30.4. The molecule has 0 radical (unpaired) electrons. The van der Waals surface area contributed by atoms with Crippen LogP contribution in [0.3, 0.4) is 0 Å². The summed E-state index contributed by atoms with van der Waals surface area (Å²) >= 11 is 0. The van der Waals surface area contributed by atoms with Gasteiger partial charge in [0.05, 0.1) is 19.6 Å². The Morgan fingerprint density at radius 2 is 1.80 bits per heavy atom. The Morgan fingerprint density at radius 1 is 1.00 bits per heavy atom. The monoisotopic (exact) mass is 476 g/mol. The van der Waals surface area contributed by atoms with Crippen LogP contribution in [0.25, 0.3) is 11.1 Å². The van der Waals surface area contributed by atoms with E-state index < -0.39 is 0 Å². The fourth-order valence-corrected chi connectivity index (χ4v) is 4.85. The van der Waals surface area contributed by atoms with Crippen molar-refractivity contribution < 1.29 is 9.53 Å². The van der Waals surface area contributed by atoms with E-state index >= 15 is 0 Å². The number of fused-ring (bicyclic) bond motifs is 1. The molecule has 1 amide bonds. The molecule has 5 rings (SSSR count). The van der Waals surface area contributed by atoms with E-state index in [1.54, 1.807) is 12.7 Å². The maximum Gasteiger partial charge on any atom is 0.238 e. The SMILES string of the molecule is Cc1ncnc(C)c1-c1cc(NC(=O)CN2CCn3ncnc3C2)ccc1OCCN1CCCC1. The number of hydrogen-bond acceptors (Lipinski definition) is 8. The van der Waals surface area contributed by atoms with E-state index in [0.29, 0.717) is 19.7 Å². The van der Waals surface area contributed by atoms with Crippen LogP contribution in [0.1, 0.15) is 30.1 Å². The first-order valence-electron chi connectivity index (χ1n) is 12.2. The first kappa shape index (κ1) is 23.4. The molecule has 2 aromatic heterocycles. The summed E-state index contributed by atoms with van der Waals surface area (Å²) in [5.41, 5.74) is 4.31. The number of likely N-dealkylation sites (tertiary alicyclic amines) is 1. The lowest BCUT2D eigenvalue weighted by Crippen LogP contribution is -2.39. The predicted octanol–water partition coefficient (Wildman–Crippen LogP) is 2.28. The molecular formula is C25H32N8O2. The number of amides is 1. The van der Waals surface area contributed by atoms with Gasteiger partial charge in [0.2, 0.25) is 5.91 Å². The van der Waals surface area contributed by atoms with Gasteiger partial charge in [-0.3, -0.25) is 14.6 Å². The molecule has 35 heavy (non-hydrogen) atoms. The van der Waals surface area contributed by atoms with Crippen LogP contribution in [-0.4, -0.2) is 79.8 Å². The molecular weight excluding hydrogens is 444 g/mol. The molecule has 10 nitrogen and oxygen atoms in total. The minimum Gasteiger partial charge on any atom is -0.492 e. The van der Waals surface area contributed by atoms with Crippen molar-refractivity contribution in [1.82, 2.24) is 34.5 Å². The van der Waals surface area contributed by atoms with Crippen LogP contribution in [0.4, 0.5) is 5.69 Å². The van der Waals surface area contributed by atoms with Gasteiger partial charge in [0.1, 0.15) is 30.8 Å². The number of benzene rings is 1. The van der Waals surface area contributed by atoms with Crippen LogP contribution < -0.4 is 10.1 Å². The Kier molecular flexibility index (Phi) is 7.01. The van der Waals surface area contributed by atoms with Crippen molar-refractivity contribution in [2.24, 2.45) is 0 Å².